The molecule has 0 bridgehead atoms. The highest BCUT2D eigenvalue weighted by Gasteiger charge is 2.23. The van der Waals surface area contributed by atoms with Gasteiger partial charge in [-0.3, -0.25) is 9.36 Å². The summed E-state index contributed by atoms with van der Waals surface area (Å²) in [4.78, 5) is 24.6. The van der Waals surface area contributed by atoms with Crippen LogP contribution in [0.2, 0.25) is 0 Å². The average Bonchev–Trinajstić information content (AvgIpc) is 3.42. The maximum Gasteiger partial charge on any atom is 0.263 e. The molecule has 0 spiro atoms. The van der Waals surface area contributed by atoms with Crippen molar-refractivity contribution in [2.24, 2.45) is 0 Å². The highest BCUT2D eigenvalue weighted by molar-refractivity contribution is 7.98. The number of hydrogen-bond acceptors (Lipinski definition) is 8. The zero-order chi connectivity index (χ0) is 19.7. The van der Waals surface area contributed by atoms with Gasteiger partial charge in [0.2, 0.25) is 5.89 Å². The van der Waals surface area contributed by atoms with E-state index < -0.39 is 0 Å². The van der Waals surface area contributed by atoms with E-state index >= 15 is 0 Å². The van der Waals surface area contributed by atoms with E-state index in [-0.39, 0.29) is 11.7 Å². The van der Waals surface area contributed by atoms with Gasteiger partial charge in [0, 0.05) is 17.9 Å². The number of aromatic nitrogens is 4. The highest BCUT2D eigenvalue weighted by atomic mass is 32.2. The molecule has 3 aromatic heterocycles. The van der Waals surface area contributed by atoms with Crippen LogP contribution in [-0.4, -0.2) is 32.4 Å². The monoisotopic (exact) mass is 420 g/mol. The van der Waals surface area contributed by atoms with Gasteiger partial charge in [-0.2, -0.15) is 4.98 Å². The molecule has 0 saturated carbocycles. The second kappa shape index (κ2) is 8.34. The van der Waals surface area contributed by atoms with Crippen LogP contribution >= 0.6 is 23.1 Å². The Morgan fingerprint density at radius 2 is 2.14 bits per heavy atom. The first-order valence-corrected chi connectivity index (χ1v) is 11.5. The summed E-state index contributed by atoms with van der Waals surface area (Å²) in [5.74, 6) is 1.76. The lowest BCUT2D eigenvalue weighted by Crippen LogP contribution is -2.29. The SMILES string of the molecule is CCc1nc(CSc2nc3sc(C)c(CC)c3c(=O)n2CC2CCCO2)no1. The largest absolute Gasteiger partial charge is 0.376 e. The Hall–Kier alpha value is -1.71. The molecular weight excluding hydrogens is 396 g/mol. The number of rotatable bonds is 7. The normalized spacial score (nSPS) is 17.0. The fraction of sp³-hybridized carbons (Fsp3) is 0.579. The van der Waals surface area contributed by atoms with E-state index in [9.17, 15) is 4.79 Å². The molecule has 1 unspecified atom stereocenters. The second-order valence-electron chi connectivity index (χ2n) is 6.86. The molecule has 28 heavy (non-hydrogen) atoms. The summed E-state index contributed by atoms with van der Waals surface area (Å²) < 4.78 is 12.8. The Bertz CT molecular complexity index is 1030. The first-order valence-electron chi connectivity index (χ1n) is 9.69. The van der Waals surface area contributed by atoms with Gasteiger partial charge < -0.3 is 9.26 Å². The Kier molecular flexibility index (Phi) is 5.84. The molecule has 7 nitrogen and oxygen atoms in total. The van der Waals surface area contributed by atoms with E-state index in [1.165, 1.54) is 16.6 Å². The summed E-state index contributed by atoms with van der Waals surface area (Å²) in [6.07, 6.45) is 3.62. The van der Waals surface area contributed by atoms with Crippen molar-refractivity contribution >= 4 is 33.3 Å². The molecule has 9 heteroatoms. The molecule has 1 saturated heterocycles. The van der Waals surface area contributed by atoms with Crippen LogP contribution in [0.5, 0.6) is 0 Å². The van der Waals surface area contributed by atoms with Crippen LogP contribution in [0.4, 0.5) is 0 Å². The van der Waals surface area contributed by atoms with Crippen molar-refractivity contribution in [3.63, 3.8) is 0 Å². The van der Waals surface area contributed by atoms with Gasteiger partial charge in [0.25, 0.3) is 5.56 Å². The van der Waals surface area contributed by atoms with Gasteiger partial charge in [0.1, 0.15) is 4.83 Å². The van der Waals surface area contributed by atoms with E-state index in [0.29, 0.717) is 35.6 Å². The number of nitrogens with zero attached hydrogens (tertiary/aromatic N) is 4. The third-order valence-electron chi connectivity index (χ3n) is 4.98. The molecular formula is C19H24N4O3S2. The standard InChI is InChI=1S/C19H24N4O3S2/c1-4-13-11(3)28-17-16(13)18(24)23(9-12-7-6-8-25-12)19(21-17)27-10-14-20-15(5-2)26-22-14/h12H,4-10H2,1-3H3. The number of ether oxygens (including phenoxy) is 1. The summed E-state index contributed by atoms with van der Waals surface area (Å²) in [6, 6.07) is 0. The van der Waals surface area contributed by atoms with Gasteiger partial charge in [-0.25, -0.2) is 4.98 Å². The summed E-state index contributed by atoms with van der Waals surface area (Å²) in [7, 11) is 0. The van der Waals surface area contributed by atoms with Gasteiger partial charge in [0.15, 0.2) is 11.0 Å². The Balaban J connectivity index is 1.72. The van der Waals surface area contributed by atoms with Crippen LogP contribution in [0.3, 0.4) is 0 Å². The van der Waals surface area contributed by atoms with Crippen molar-refractivity contribution in [2.75, 3.05) is 6.61 Å². The summed E-state index contributed by atoms with van der Waals surface area (Å²) in [5, 5.41) is 5.47. The van der Waals surface area contributed by atoms with Crippen molar-refractivity contribution in [1.29, 1.82) is 0 Å². The lowest BCUT2D eigenvalue weighted by Gasteiger charge is -2.15. The molecule has 0 aromatic carbocycles. The van der Waals surface area contributed by atoms with Crippen molar-refractivity contribution in [1.82, 2.24) is 19.7 Å². The van der Waals surface area contributed by atoms with Gasteiger partial charge in [-0.05, 0) is 31.7 Å². The highest BCUT2D eigenvalue weighted by Crippen LogP contribution is 2.30. The van der Waals surface area contributed by atoms with E-state index in [2.05, 4.69) is 24.0 Å². The number of aryl methyl sites for hydroxylation is 3. The van der Waals surface area contributed by atoms with Crippen LogP contribution in [0, 0.1) is 6.92 Å². The minimum absolute atomic E-state index is 0.0339. The second-order valence-corrected chi connectivity index (χ2v) is 9.01. The van der Waals surface area contributed by atoms with Crippen LogP contribution in [-0.2, 0) is 29.9 Å². The van der Waals surface area contributed by atoms with Gasteiger partial charge in [-0.15, -0.1) is 11.3 Å². The molecule has 150 valence electrons. The molecule has 1 atom stereocenters. The van der Waals surface area contributed by atoms with Crippen LogP contribution in [0.15, 0.2) is 14.5 Å². The molecule has 0 amide bonds. The summed E-state index contributed by atoms with van der Waals surface area (Å²) in [6.45, 7) is 7.42. The fourth-order valence-corrected chi connectivity index (χ4v) is 5.55. The first-order chi connectivity index (χ1) is 13.6. The maximum absolute atomic E-state index is 13.4. The zero-order valence-electron chi connectivity index (χ0n) is 16.4. The molecule has 3 aromatic rings. The lowest BCUT2D eigenvalue weighted by molar-refractivity contribution is 0.0937. The number of hydrogen-bond donors (Lipinski definition) is 0. The van der Waals surface area contributed by atoms with Crippen LogP contribution in [0.1, 0.15) is 48.8 Å². The predicted molar refractivity (Wildman–Crippen MR) is 110 cm³/mol. The third kappa shape index (κ3) is 3.75. The van der Waals surface area contributed by atoms with E-state index in [4.69, 9.17) is 14.2 Å². The summed E-state index contributed by atoms with van der Waals surface area (Å²) >= 11 is 3.07. The molecule has 4 heterocycles. The minimum Gasteiger partial charge on any atom is -0.376 e. The molecule has 0 radical (unpaired) electrons. The minimum atomic E-state index is 0.0339. The van der Waals surface area contributed by atoms with E-state index in [1.54, 1.807) is 15.9 Å². The summed E-state index contributed by atoms with van der Waals surface area (Å²) in [5.41, 5.74) is 1.15. The number of thiophene rings is 1. The molecule has 4 rings (SSSR count). The first kappa shape index (κ1) is 19.6. The number of thioether (sulfide) groups is 1. The smallest absolute Gasteiger partial charge is 0.263 e. The average molecular weight is 421 g/mol. The van der Waals surface area contributed by atoms with E-state index in [0.717, 1.165) is 41.6 Å². The van der Waals surface area contributed by atoms with Crippen molar-refractivity contribution in [3.8, 4) is 0 Å². The fourth-order valence-electron chi connectivity index (χ4n) is 3.54. The van der Waals surface area contributed by atoms with Gasteiger partial charge in [-0.1, -0.05) is 30.8 Å². The van der Waals surface area contributed by atoms with Crippen molar-refractivity contribution in [3.05, 3.63) is 32.5 Å². The number of fused-ring (bicyclic) bond motifs is 1. The van der Waals surface area contributed by atoms with Gasteiger partial charge >= 0.3 is 0 Å². The molecule has 1 aliphatic rings. The van der Waals surface area contributed by atoms with Crippen molar-refractivity contribution < 1.29 is 9.26 Å². The Morgan fingerprint density at radius 1 is 1.29 bits per heavy atom. The van der Waals surface area contributed by atoms with Gasteiger partial charge in [0.05, 0.1) is 23.8 Å². The lowest BCUT2D eigenvalue weighted by atomic mass is 10.1. The third-order valence-corrected chi connectivity index (χ3v) is 7.00. The Labute approximate surface area is 171 Å². The topological polar surface area (TPSA) is 83.0 Å². The maximum atomic E-state index is 13.4. The Morgan fingerprint density at radius 3 is 2.82 bits per heavy atom. The molecule has 1 aliphatic heterocycles. The van der Waals surface area contributed by atoms with E-state index in [1.807, 2.05) is 6.92 Å². The zero-order valence-corrected chi connectivity index (χ0v) is 18.0. The van der Waals surface area contributed by atoms with Crippen LogP contribution in [0.25, 0.3) is 10.2 Å². The van der Waals surface area contributed by atoms with Crippen molar-refractivity contribution in [2.45, 2.75) is 70.0 Å². The quantitative estimate of drug-likeness (QED) is 0.425. The molecule has 0 N–H and O–H groups in total. The van der Waals surface area contributed by atoms with Crippen LogP contribution < -0.4 is 5.56 Å². The predicted octanol–water partition coefficient (Wildman–Crippen LogP) is 3.75. The molecule has 0 aliphatic carbocycles. The molecule has 1 fully saturated rings.